The quantitative estimate of drug-likeness (QED) is 0.800. The first-order valence-corrected chi connectivity index (χ1v) is 4.65. The number of aryl methyl sites for hydroxylation is 1. The second kappa shape index (κ2) is 3.90. The Bertz CT molecular complexity index is 535. The van der Waals surface area contributed by atoms with Crippen molar-refractivity contribution in [3.05, 3.63) is 23.7 Å². The van der Waals surface area contributed by atoms with Gasteiger partial charge in [-0.3, -0.25) is 4.79 Å². The van der Waals surface area contributed by atoms with E-state index in [2.05, 4.69) is 15.1 Å². The molecule has 0 aliphatic rings. The topological polar surface area (TPSA) is 89.1 Å². The van der Waals surface area contributed by atoms with Crippen LogP contribution in [0.15, 0.2) is 16.9 Å². The van der Waals surface area contributed by atoms with Crippen molar-refractivity contribution in [2.75, 3.05) is 0 Å². The minimum Gasteiger partial charge on any atom is -0.492 e. The first-order chi connectivity index (χ1) is 7.59. The van der Waals surface area contributed by atoms with E-state index in [1.807, 2.05) is 0 Å². The Morgan fingerprint density at radius 2 is 2.19 bits per heavy atom. The van der Waals surface area contributed by atoms with Crippen LogP contribution in [0, 0.1) is 6.92 Å². The molecule has 0 radical (unpaired) electrons. The summed E-state index contributed by atoms with van der Waals surface area (Å²) < 4.78 is 4.94. The molecule has 16 heavy (non-hydrogen) atoms. The van der Waals surface area contributed by atoms with E-state index < -0.39 is 5.24 Å². The molecule has 0 aliphatic heterocycles. The standard InChI is InChI=1S/C9H6ClN3O3/c1-4-7(9(10)15)8(16-13-4)5-2-12-6(14)3-11-5/h2-3H,1H3,(H,12,14). The third-order valence-electron chi connectivity index (χ3n) is 1.93. The summed E-state index contributed by atoms with van der Waals surface area (Å²) in [7, 11) is 0. The van der Waals surface area contributed by atoms with Crippen LogP contribution in [-0.2, 0) is 0 Å². The largest absolute Gasteiger partial charge is 0.492 e. The summed E-state index contributed by atoms with van der Waals surface area (Å²) in [5, 5.41) is 11.9. The molecule has 0 spiro atoms. The zero-order valence-corrected chi connectivity index (χ0v) is 8.89. The van der Waals surface area contributed by atoms with Crippen LogP contribution in [0.1, 0.15) is 16.1 Å². The van der Waals surface area contributed by atoms with E-state index in [1.165, 1.54) is 6.20 Å². The van der Waals surface area contributed by atoms with Crippen molar-refractivity contribution in [2.45, 2.75) is 6.92 Å². The molecule has 0 aliphatic carbocycles. The molecule has 2 aromatic rings. The van der Waals surface area contributed by atoms with Gasteiger partial charge < -0.3 is 9.63 Å². The van der Waals surface area contributed by atoms with E-state index in [4.69, 9.17) is 21.2 Å². The van der Waals surface area contributed by atoms with Crippen LogP contribution in [0.5, 0.6) is 5.88 Å². The summed E-state index contributed by atoms with van der Waals surface area (Å²) in [6.07, 6.45) is 2.40. The molecule has 0 aromatic carbocycles. The lowest BCUT2D eigenvalue weighted by molar-refractivity contribution is 0.108. The molecule has 2 heterocycles. The molecule has 7 heteroatoms. The molecule has 0 atom stereocenters. The maximum Gasteiger partial charge on any atom is 0.258 e. The minimum absolute atomic E-state index is 0.144. The van der Waals surface area contributed by atoms with E-state index >= 15 is 0 Å². The Balaban J connectivity index is 2.56. The Hall–Kier alpha value is -1.95. The summed E-state index contributed by atoms with van der Waals surface area (Å²) >= 11 is 5.40. The van der Waals surface area contributed by atoms with Gasteiger partial charge in [0, 0.05) is 0 Å². The van der Waals surface area contributed by atoms with Crippen molar-refractivity contribution in [1.82, 2.24) is 15.1 Å². The van der Waals surface area contributed by atoms with Gasteiger partial charge >= 0.3 is 0 Å². The predicted molar refractivity (Wildman–Crippen MR) is 54.1 cm³/mol. The van der Waals surface area contributed by atoms with Crippen LogP contribution in [0.4, 0.5) is 0 Å². The molecule has 0 saturated heterocycles. The van der Waals surface area contributed by atoms with Crippen molar-refractivity contribution in [3.63, 3.8) is 0 Å². The van der Waals surface area contributed by atoms with Gasteiger partial charge in [-0.05, 0) is 18.5 Å². The first kappa shape index (κ1) is 10.6. The summed E-state index contributed by atoms with van der Waals surface area (Å²) in [5.74, 6) is -0.0799. The Kier molecular flexibility index (Phi) is 2.57. The van der Waals surface area contributed by atoms with Gasteiger partial charge in [0.05, 0.1) is 18.1 Å². The zero-order chi connectivity index (χ0) is 11.7. The fraction of sp³-hybridized carbons (Fsp3) is 0.111. The molecular weight excluding hydrogens is 234 g/mol. The molecular formula is C9H6ClN3O3. The molecule has 0 amide bonds. The van der Waals surface area contributed by atoms with E-state index in [0.717, 1.165) is 6.20 Å². The lowest BCUT2D eigenvalue weighted by atomic mass is 10.2. The number of hydrogen-bond acceptors (Lipinski definition) is 6. The van der Waals surface area contributed by atoms with Gasteiger partial charge in [-0.1, -0.05) is 5.16 Å². The number of aromatic nitrogens is 3. The van der Waals surface area contributed by atoms with Crippen molar-refractivity contribution < 1.29 is 14.4 Å². The maximum absolute atomic E-state index is 11.2. The van der Waals surface area contributed by atoms with Crippen LogP contribution in [0.3, 0.4) is 0 Å². The second-order valence-electron chi connectivity index (χ2n) is 3.01. The molecule has 1 N–H and O–H groups in total. The average molecular weight is 240 g/mol. The van der Waals surface area contributed by atoms with Crippen LogP contribution < -0.4 is 0 Å². The van der Waals surface area contributed by atoms with Gasteiger partial charge in [0.25, 0.3) is 5.24 Å². The Morgan fingerprint density at radius 1 is 1.44 bits per heavy atom. The maximum atomic E-state index is 11.2. The molecule has 0 saturated carbocycles. The Morgan fingerprint density at radius 3 is 2.75 bits per heavy atom. The number of carbonyl (C=O) groups is 1. The fourth-order valence-electron chi connectivity index (χ4n) is 1.21. The van der Waals surface area contributed by atoms with Crippen LogP contribution in [0.25, 0.3) is 11.5 Å². The lowest BCUT2D eigenvalue weighted by Crippen LogP contribution is -1.94. The Labute approximate surface area is 94.9 Å². The summed E-state index contributed by atoms with van der Waals surface area (Å²) in [5.41, 5.74) is 0.814. The summed E-state index contributed by atoms with van der Waals surface area (Å²) in [6.45, 7) is 1.59. The normalized spacial score (nSPS) is 10.4. The molecule has 0 unspecified atom stereocenters. The SMILES string of the molecule is Cc1noc(-c2cnc(O)cn2)c1C(=O)Cl. The number of nitrogens with zero attached hydrogens (tertiary/aromatic N) is 3. The van der Waals surface area contributed by atoms with Gasteiger partial charge in [0.1, 0.15) is 11.3 Å². The monoisotopic (exact) mass is 239 g/mol. The molecule has 0 fully saturated rings. The van der Waals surface area contributed by atoms with E-state index in [1.54, 1.807) is 6.92 Å². The van der Waals surface area contributed by atoms with Gasteiger partial charge in [-0.15, -0.1) is 0 Å². The predicted octanol–water partition coefficient (Wildman–Crippen LogP) is 1.52. The lowest BCUT2D eigenvalue weighted by Gasteiger charge is -1.96. The van der Waals surface area contributed by atoms with Crippen molar-refractivity contribution in [2.24, 2.45) is 0 Å². The molecule has 2 rings (SSSR count). The summed E-state index contributed by atoms with van der Waals surface area (Å²) in [4.78, 5) is 18.6. The third-order valence-corrected chi connectivity index (χ3v) is 2.12. The van der Waals surface area contributed by atoms with Gasteiger partial charge in [-0.2, -0.15) is 0 Å². The molecule has 0 bridgehead atoms. The number of halogens is 1. The molecule has 2 aromatic heterocycles. The first-order valence-electron chi connectivity index (χ1n) is 4.27. The highest BCUT2D eigenvalue weighted by molar-refractivity contribution is 6.68. The third kappa shape index (κ3) is 1.74. The number of rotatable bonds is 2. The summed E-state index contributed by atoms with van der Waals surface area (Å²) in [6, 6.07) is 0. The second-order valence-corrected chi connectivity index (χ2v) is 3.35. The molecule has 6 nitrogen and oxygen atoms in total. The van der Waals surface area contributed by atoms with E-state index in [9.17, 15) is 4.79 Å². The van der Waals surface area contributed by atoms with Crippen molar-refractivity contribution in [1.29, 1.82) is 0 Å². The highest BCUT2D eigenvalue weighted by Crippen LogP contribution is 2.25. The van der Waals surface area contributed by atoms with Crippen molar-refractivity contribution >= 4 is 16.8 Å². The molecule has 82 valence electrons. The van der Waals surface area contributed by atoms with Crippen molar-refractivity contribution in [3.8, 4) is 17.3 Å². The number of carbonyl (C=O) groups excluding carboxylic acids is 1. The van der Waals surface area contributed by atoms with Crippen LogP contribution >= 0.6 is 11.6 Å². The van der Waals surface area contributed by atoms with Crippen LogP contribution in [0.2, 0.25) is 0 Å². The van der Waals surface area contributed by atoms with E-state index in [0.29, 0.717) is 5.69 Å². The van der Waals surface area contributed by atoms with Gasteiger partial charge in [0.2, 0.25) is 5.88 Å². The fourth-order valence-corrected chi connectivity index (χ4v) is 1.44. The average Bonchev–Trinajstić information content (AvgIpc) is 2.61. The number of hydrogen-bond donors (Lipinski definition) is 1. The number of aromatic hydroxyl groups is 1. The van der Waals surface area contributed by atoms with Gasteiger partial charge in [-0.25, -0.2) is 9.97 Å². The highest BCUT2D eigenvalue weighted by atomic mass is 35.5. The van der Waals surface area contributed by atoms with Gasteiger partial charge in [0.15, 0.2) is 5.76 Å². The smallest absolute Gasteiger partial charge is 0.258 e. The minimum atomic E-state index is -0.677. The van der Waals surface area contributed by atoms with Crippen LogP contribution in [-0.4, -0.2) is 25.5 Å². The van der Waals surface area contributed by atoms with E-state index in [-0.39, 0.29) is 22.9 Å². The highest BCUT2D eigenvalue weighted by Gasteiger charge is 2.21. The zero-order valence-electron chi connectivity index (χ0n) is 8.14.